The van der Waals surface area contributed by atoms with Crippen molar-refractivity contribution in [3.05, 3.63) is 152 Å². The van der Waals surface area contributed by atoms with Gasteiger partial charge in [0.25, 0.3) is 0 Å². The number of para-hydroxylation sites is 3. The molecular formula is C42H25N5O. The van der Waals surface area contributed by atoms with Crippen molar-refractivity contribution in [2.75, 3.05) is 0 Å². The summed E-state index contributed by atoms with van der Waals surface area (Å²) >= 11 is 0. The van der Waals surface area contributed by atoms with Crippen LogP contribution in [-0.2, 0) is 0 Å². The van der Waals surface area contributed by atoms with Crippen molar-refractivity contribution in [1.29, 1.82) is 0 Å². The standard InChI is InChI=1S/C42H25N5O/c1-2-11-26(12-3-1)40-44-41(46-42(45-40)47-36-19-8-6-15-30(36)31-16-7-9-20-37(31)47)35-22-21-29(27-13-4-5-14-28(27)35)33-17-10-18-34-32-23-24-43-25-38(32)48-39(33)34/h1-25H. The molecule has 4 aromatic heterocycles. The Balaban J connectivity index is 1.24. The fourth-order valence-corrected chi connectivity index (χ4v) is 7.03. The maximum absolute atomic E-state index is 6.40. The van der Waals surface area contributed by atoms with Crippen LogP contribution in [0.3, 0.4) is 0 Å². The fraction of sp³-hybridized carbons (Fsp3) is 0. The van der Waals surface area contributed by atoms with Gasteiger partial charge >= 0.3 is 0 Å². The first-order valence-electron chi connectivity index (χ1n) is 15.9. The normalized spacial score (nSPS) is 11.8. The third kappa shape index (κ3) is 3.99. The Morgan fingerprint density at radius 2 is 1.06 bits per heavy atom. The molecule has 0 radical (unpaired) electrons. The number of hydrogen-bond acceptors (Lipinski definition) is 5. The topological polar surface area (TPSA) is 69.6 Å². The van der Waals surface area contributed by atoms with Gasteiger partial charge in [-0.25, -0.2) is 4.98 Å². The van der Waals surface area contributed by atoms with E-state index in [4.69, 9.17) is 19.4 Å². The lowest BCUT2D eigenvalue weighted by Crippen LogP contribution is -2.06. The molecule has 6 aromatic carbocycles. The molecule has 4 heterocycles. The van der Waals surface area contributed by atoms with Gasteiger partial charge in [0.15, 0.2) is 17.2 Å². The Bertz CT molecular complexity index is 2800. The summed E-state index contributed by atoms with van der Waals surface area (Å²) in [7, 11) is 0. The number of furan rings is 1. The van der Waals surface area contributed by atoms with Crippen LogP contribution >= 0.6 is 0 Å². The highest BCUT2D eigenvalue weighted by atomic mass is 16.3. The molecule has 0 fully saturated rings. The van der Waals surface area contributed by atoms with Crippen LogP contribution in [0.2, 0.25) is 0 Å². The quantitative estimate of drug-likeness (QED) is 0.197. The van der Waals surface area contributed by atoms with Crippen molar-refractivity contribution in [2.45, 2.75) is 0 Å². The van der Waals surface area contributed by atoms with Crippen LogP contribution in [0.25, 0.3) is 94.4 Å². The molecule has 48 heavy (non-hydrogen) atoms. The SMILES string of the molecule is c1ccc(-c2nc(-c3ccc(-c4cccc5c4oc4cnccc45)c4ccccc34)nc(-n3c4ccccc4c4ccccc43)n2)cc1. The molecular weight excluding hydrogens is 590 g/mol. The first-order valence-corrected chi connectivity index (χ1v) is 15.9. The van der Waals surface area contributed by atoms with Gasteiger partial charge in [0.05, 0.1) is 17.2 Å². The van der Waals surface area contributed by atoms with Crippen LogP contribution in [0.4, 0.5) is 0 Å². The van der Waals surface area contributed by atoms with Crippen molar-refractivity contribution in [3.8, 4) is 39.9 Å². The molecule has 6 nitrogen and oxygen atoms in total. The summed E-state index contributed by atoms with van der Waals surface area (Å²) in [5.74, 6) is 1.80. The molecule has 0 N–H and O–H groups in total. The van der Waals surface area contributed by atoms with E-state index in [2.05, 4.69) is 113 Å². The first kappa shape index (κ1) is 26.5. The molecule has 0 aliphatic rings. The Hall–Kier alpha value is -6.66. The Morgan fingerprint density at radius 3 is 1.83 bits per heavy atom. The summed E-state index contributed by atoms with van der Waals surface area (Å²) in [6.45, 7) is 0. The molecule has 224 valence electrons. The molecule has 0 saturated heterocycles. The van der Waals surface area contributed by atoms with Gasteiger partial charge in [0.1, 0.15) is 5.58 Å². The fourth-order valence-electron chi connectivity index (χ4n) is 7.03. The molecule has 0 spiro atoms. The van der Waals surface area contributed by atoms with Crippen LogP contribution in [0.5, 0.6) is 0 Å². The highest BCUT2D eigenvalue weighted by molar-refractivity contribution is 6.13. The van der Waals surface area contributed by atoms with Crippen molar-refractivity contribution in [1.82, 2.24) is 24.5 Å². The Morgan fingerprint density at radius 1 is 0.438 bits per heavy atom. The van der Waals surface area contributed by atoms with Gasteiger partial charge in [-0.05, 0) is 40.6 Å². The van der Waals surface area contributed by atoms with Crippen LogP contribution in [0.1, 0.15) is 0 Å². The second-order valence-electron chi connectivity index (χ2n) is 11.9. The number of fused-ring (bicyclic) bond motifs is 7. The Kier molecular flexibility index (Phi) is 5.77. The number of benzene rings is 6. The number of nitrogens with zero attached hydrogens (tertiary/aromatic N) is 5. The minimum absolute atomic E-state index is 0.574. The van der Waals surface area contributed by atoms with E-state index in [-0.39, 0.29) is 0 Å². The number of hydrogen-bond donors (Lipinski definition) is 0. The second kappa shape index (κ2) is 10.4. The highest BCUT2D eigenvalue weighted by Crippen LogP contribution is 2.41. The summed E-state index contributed by atoms with van der Waals surface area (Å²) in [6, 6.07) is 48.0. The molecule has 10 aromatic rings. The molecule has 0 aliphatic carbocycles. The molecule has 0 aliphatic heterocycles. The zero-order chi connectivity index (χ0) is 31.6. The summed E-state index contributed by atoms with van der Waals surface area (Å²) in [6.07, 6.45) is 3.58. The van der Waals surface area contributed by atoms with E-state index in [1.165, 1.54) is 0 Å². The maximum Gasteiger partial charge on any atom is 0.238 e. The van der Waals surface area contributed by atoms with E-state index in [1.807, 2.05) is 36.4 Å². The lowest BCUT2D eigenvalue weighted by atomic mass is 9.93. The van der Waals surface area contributed by atoms with Gasteiger partial charge in [0, 0.05) is 44.4 Å². The summed E-state index contributed by atoms with van der Waals surface area (Å²) in [5.41, 5.74) is 7.67. The largest absolute Gasteiger partial charge is 0.454 e. The van der Waals surface area contributed by atoms with Crippen molar-refractivity contribution >= 4 is 54.5 Å². The molecule has 0 unspecified atom stereocenters. The maximum atomic E-state index is 6.40. The zero-order valence-corrected chi connectivity index (χ0v) is 25.6. The van der Waals surface area contributed by atoms with E-state index in [9.17, 15) is 0 Å². The van der Waals surface area contributed by atoms with Crippen molar-refractivity contribution in [2.24, 2.45) is 0 Å². The van der Waals surface area contributed by atoms with Gasteiger partial charge in [-0.15, -0.1) is 0 Å². The van der Waals surface area contributed by atoms with E-state index >= 15 is 0 Å². The minimum atomic E-state index is 0.574. The predicted octanol–water partition coefficient (Wildman–Crippen LogP) is 10.4. The van der Waals surface area contributed by atoms with Gasteiger partial charge in [-0.2, -0.15) is 9.97 Å². The molecule has 6 heteroatoms. The van der Waals surface area contributed by atoms with Crippen molar-refractivity contribution in [3.63, 3.8) is 0 Å². The summed E-state index contributed by atoms with van der Waals surface area (Å²) in [5, 5.41) is 6.56. The number of aromatic nitrogens is 5. The van der Waals surface area contributed by atoms with Gasteiger partial charge in [-0.3, -0.25) is 9.55 Å². The third-order valence-electron chi connectivity index (χ3n) is 9.19. The van der Waals surface area contributed by atoms with Crippen LogP contribution in [0.15, 0.2) is 156 Å². The molecule has 0 atom stereocenters. The van der Waals surface area contributed by atoms with E-state index in [0.29, 0.717) is 17.6 Å². The number of pyridine rings is 1. The summed E-state index contributed by atoms with van der Waals surface area (Å²) < 4.78 is 8.54. The molecule has 0 saturated carbocycles. The summed E-state index contributed by atoms with van der Waals surface area (Å²) in [4.78, 5) is 19.7. The zero-order valence-electron chi connectivity index (χ0n) is 25.6. The first-order chi connectivity index (χ1) is 23.8. The lowest BCUT2D eigenvalue weighted by molar-refractivity contribution is 0.668. The Labute approximate surface area is 274 Å². The second-order valence-corrected chi connectivity index (χ2v) is 11.9. The predicted molar refractivity (Wildman–Crippen MR) is 193 cm³/mol. The van der Waals surface area contributed by atoms with Crippen molar-refractivity contribution < 1.29 is 4.42 Å². The number of rotatable bonds is 4. The van der Waals surface area contributed by atoms with Crippen LogP contribution in [-0.4, -0.2) is 24.5 Å². The van der Waals surface area contributed by atoms with E-state index in [0.717, 1.165) is 76.8 Å². The van der Waals surface area contributed by atoms with Gasteiger partial charge in [0.2, 0.25) is 5.95 Å². The van der Waals surface area contributed by atoms with Crippen LogP contribution in [0, 0.1) is 0 Å². The highest BCUT2D eigenvalue weighted by Gasteiger charge is 2.20. The lowest BCUT2D eigenvalue weighted by Gasteiger charge is -2.14. The molecule has 0 amide bonds. The van der Waals surface area contributed by atoms with Crippen LogP contribution < -0.4 is 0 Å². The average Bonchev–Trinajstić information content (AvgIpc) is 3.71. The minimum Gasteiger partial charge on any atom is -0.454 e. The smallest absolute Gasteiger partial charge is 0.238 e. The molecule has 0 bridgehead atoms. The monoisotopic (exact) mass is 615 g/mol. The van der Waals surface area contributed by atoms with Gasteiger partial charge in [-0.1, -0.05) is 115 Å². The average molecular weight is 616 g/mol. The van der Waals surface area contributed by atoms with Gasteiger partial charge < -0.3 is 4.42 Å². The third-order valence-corrected chi connectivity index (χ3v) is 9.19. The van der Waals surface area contributed by atoms with E-state index in [1.54, 1.807) is 12.4 Å². The molecule has 10 rings (SSSR count). The van der Waals surface area contributed by atoms with E-state index < -0.39 is 0 Å².